The number of benzene rings is 1. The van der Waals surface area contributed by atoms with Gasteiger partial charge in [0.15, 0.2) is 6.29 Å². The van der Waals surface area contributed by atoms with Crippen LogP contribution in [0.4, 0.5) is 14.5 Å². The number of nitro groups is 1. The third-order valence-electron chi connectivity index (χ3n) is 1.50. The molecule has 1 aromatic carbocycles. The Morgan fingerprint density at radius 2 is 2.00 bits per heavy atom. The van der Waals surface area contributed by atoms with Crippen molar-refractivity contribution in [1.82, 2.24) is 0 Å². The molecule has 15 heavy (non-hydrogen) atoms. The van der Waals surface area contributed by atoms with Crippen LogP contribution in [0.2, 0.25) is 0 Å². The normalized spacial score (nSPS) is 8.93. The first-order valence-electron chi connectivity index (χ1n) is 3.65. The van der Waals surface area contributed by atoms with Gasteiger partial charge in [-0.3, -0.25) is 14.9 Å². The molecule has 0 aromatic heterocycles. The van der Waals surface area contributed by atoms with Crippen LogP contribution in [0, 0.1) is 33.6 Å². The number of halogens is 2. The summed E-state index contributed by atoms with van der Waals surface area (Å²) in [7, 11) is 0. The van der Waals surface area contributed by atoms with Crippen molar-refractivity contribution in [3.63, 3.8) is 0 Å². The third-order valence-corrected chi connectivity index (χ3v) is 1.50. The molecule has 0 aliphatic carbocycles. The van der Waals surface area contributed by atoms with Crippen molar-refractivity contribution in [2.24, 2.45) is 0 Å². The zero-order valence-electron chi connectivity index (χ0n) is 7.16. The molecule has 1 aromatic rings. The maximum atomic E-state index is 13.0. The van der Waals surface area contributed by atoms with E-state index in [1.807, 2.05) is 11.8 Å². The Balaban J connectivity index is 3.31. The first kappa shape index (κ1) is 10.8. The van der Waals surface area contributed by atoms with E-state index in [1.165, 1.54) is 0 Å². The number of rotatable bonds is 1. The molecule has 0 spiro atoms. The number of hydrogen-bond donors (Lipinski definition) is 0. The second kappa shape index (κ2) is 4.28. The Morgan fingerprint density at radius 1 is 1.33 bits per heavy atom. The molecule has 76 valence electrons. The predicted octanol–water partition coefficient (Wildman–Crippen LogP) is 1.42. The highest BCUT2D eigenvalue weighted by Crippen LogP contribution is 2.20. The minimum atomic E-state index is -1.20. The van der Waals surface area contributed by atoms with Crippen LogP contribution in [-0.2, 0) is 4.79 Å². The fourth-order valence-corrected chi connectivity index (χ4v) is 0.879. The fourth-order valence-electron chi connectivity index (χ4n) is 0.879. The Morgan fingerprint density at radius 3 is 2.53 bits per heavy atom. The smallest absolute Gasteiger partial charge is 0.289 e. The fraction of sp³-hybridized carbons (Fsp3) is 0. The van der Waals surface area contributed by atoms with Crippen LogP contribution in [0.5, 0.6) is 0 Å². The lowest BCUT2D eigenvalue weighted by Gasteiger charge is -1.96. The number of aldehydes is 1. The van der Waals surface area contributed by atoms with Gasteiger partial charge in [-0.2, -0.15) is 4.39 Å². The van der Waals surface area contributed by atoms with Gasteiger partial charge in [0.2, 0.25) is 5.82 Å². The lowest BCUT2D eigenvalue weighted by molar-refractivity contribution is -0.387. The van der Waals surface area contributed by atoms with Crippen LogP contribution < -0.4 is 0 Å². The van der Waals surface area contributed by atoms with E-state index < -0.39 is 27.8 Å². The molecule has 6 heteroatoms. The van der Waals surface area contributed by atoms with E-state index in [0.29, 0.717) is 12.1 Å². The van der Waals surface area contributed by atoms with Gasteiger partial charge in [-0.05, 0) is 12.0 Å². The summed E-state index contributed by atoms with van der Waals surface area (Å²) in [5, 5.41) is 10.2. The predicted molar refractivity (Wildman–Crippen MR) is 46.0 cm³/mol. The molecule has 0 amide bonds. The maximum Gasteiger partial charge on any atom is 0.307 e. The number of nitrogens with zero attached hydrogens (tertiary/aromatic N) is 1. The van der Waals surface area contributed by atoms with Crippen molar-refractivity contribution in [3.8, 4) is 11.8 Å². The molecular formula is C9H3F2NO3. The van der Waals surface area contributed by atoms with Gasteiger partial charge in [0.25, 0.3) is 0 Å². The van der Waals surface area contributed by atoms with Crippen LogP contribution in [0.1, 0.15) is 5.56 Å². The molecule has 0 bridgehead atoms. The minimum absolute atomic E-state index is 0.207. The van der Waals surface area contributed by atoms with Gasteiger partial charge in [-0.15, -0.1) is 0 Å². The van der Waals surface area contributed by atoms with E-state index in [-0.39, 0.29) is 6.29 Å². The van der Waals surface area contributed by atoms with E-state index in [1.54, 1.807) is 0 Å². The summed E-state index contributed by atoms with van der Waals surface area (Å²) in [5.74, 6) is 1.65. The van der Waals surface area contributed by atoms with Gasteiger partial charge in [0.1, 0.15) is 5.82 Å². The molecule has 4 nitrogen and oxygen atoms in total. The minimum Gasteiger partial charge on any atom is -0.289 e. The first-order chi connectivity index (χ1) is 7.06. The summed E-state index contributed by atoms with van der Waals surface area (Å²) < 4.78 is 26.0. The molecule has 0 saturated heterocycles. The number of carbonyl (C=O) groups is 1. The molecule has 0 aliphatic rings. The molecule has 0 heterocycles. The average Bonchev–Trinajstić information content (AvgIpc) is 2.18. The van der Waals surface area contributed by atoms with Crippen LogP contribution in [0.25, 0.3) is 0 Å². The van der Waals surface area contributed by atoms with Crippen molar-refractivity contribution in [1.29, 1.82) is 0 Å². The molecule has 0 N–H and O–H groups in total. The topological polar surface area (TPSA) is 60.2 Å². The second-order valence-corrected chi connectivity index (χ2v) is 2.43. The quantitative estimate of drug-likeness (QED) is 0.305. The highest BCUT2D eigenvalue weighted by atomic mass is 19.1. The molecule has 0 radical (unpaired) electrons. The van der Waals surface area contributed by atoms with E-state index >= 15 is 0 Å². The zero-order chi connectivity index (χ0) is 11.4. The zero-order valence-corrected chi connectivity index (χ0v) is 7.16. The Bertz CT molecular complexity index is 488. The van der Waals surface area contributed by atoms with Crippen LogP contribution in [-0.4, -0.2) is 11.2 Å². The molecular weight excluding hydrogens is 208 g/mol. The molecule has 1 rings (SSSR count). The van der Waals surface area contributed by atoms with E-state index in [2.05, 4.69) is 0 Å². The molecule has 0 saturated carbocycles. The standard InChI is InChI=1S/C9H3F2NO3/c10-7-5-9(12(14)15)8(11)4-6(7)2-1-3-13/h3-5H. The highest BCUT2D eigenvalue weighted by molar-refractivity contribution is 5.74. The van der Waals surface area contributed by atoms with Crippen molar-refractivity contribution in [3.05, 3.63) is 39.4 Å². The van der Waals surface area contributed by atoms with Crippen molar-refractivity contribution in [2.75, 3.05) is 0 Å². The van der Waals surface area contributed by atoms with Crippen LogP contribution in [0.15, 0.2) is 12.1 Å². The summed E-state index contributed by atoms with van der Waals surface area (Å²) in [6.45, 7) is 0. The molecule has 0 unspecified atom stereocenters. The maximum absolute atomic E-state index is 13.0. The van der Waals surface area contributed by atoms with Gasteiger partial charge < -0.3 is 0 Å². The second-order valence-electron chi connectivity index (χ2n) is 2.43. The highest BCUT2D eigenvalue weighted by Gasteiger charge is 2.17. The lowest BCUT2D eigenvalue weighted by atomic mass is 10.2. The summed E-state index contributed by atoms with van der Waals surface area (Å²) >= 11 is 0. The summed E-state index contributed by atoms with van der Waals surface area (Å²) in [6, 6.07) is 0.994. The summed E-state index contributed by atoms with van der Waals surface area (Å²) in [4.78, 5) is 19.0. The van der Waals surface area contributed by atoms with Crippen LogP contribution in [0.3, 0.4) is 0 Å². The van der Waals surface area contributed by atoms with E-state index in [4.69, 9.17) is 0 Å². The average molecular weight is 211 g/mol. The lowest BCUT2D eigenvalue weighted by Crippen LogP contribution is -1.96. The SMILES string of the molecule is O=CC#Cc1cc(F)c([N+](=O)[O-])cc1F. The molecule has 0 atom stereocenters. The van der Waals surface area contributed by atoms with Gasteiger partial charge in [-0.1, -0.05) is 5.92 Å². The van der Waals surface area contributed by atoms with Crippen molar-refractivity contribution in [2.45, 2.75) is 0 Å². The summed E-state index contributed by atoms with van der Waals surface area (Å²) in [6.07, 6.45) is 0.207. The molecule has 0 fully saturated rings. The van der Waals surface area contributed by atoms with Gasteiger partial charge in [0, 0.05) is 0 Å². The molecule has 0 aliphatic heterocycles. The largest absolute Gasteiger partial charge is 0.307 e. The first-order valence-corrected chi connectivity index (χ1v) is 3.65. The van der Waals surface area contributed by atoms with Gasteiger partial charge >= 0.3 is 5.69 Å². The number of nitro benzene ring substituents is 1. The Hall–Kier alpha value is -2.29. The van der Waals surface area contributed by atoms with Gasteiger partial charge in [-0.25, -0.2) is 4.39 Å². The third kappa shape index (κ3) is 2.34. The Kier molecular flexibility index (Phi) is 3.08. The van der Waals surface area contributed by atoms with Gasteiger partial charge in [0.05, 0.1) is 16.6 Å². The monoisotopic (exact) mass is 211 g/mol. The van der Waals surface area contributed by atoms with Crippen molar-refractivity contribution >= 4 is 12.0 Å². The Labute approximate surface area is 82.7 Å². The van der Waals surface area contributed by atoms with Crippen LogP contribution >= 0.6 is 0 Å². The summed E-state index contributed by atoms with van der Waals surface area (Å²) in [5.41, 5.74) is -1.37. The number of hydrogen-bond acceptors (Lipinski definition) is 3. The van der Waals surface area contributed by atoms with E-state index in [9.17, 15) is 23.7 Å². The van der Waals surface area contributed by atoms with Crippen molar-refractivity contribution < 1.29 is 18.5 Å². The number of carbonyl (C=O) groups excluding carboxylic acids is 1. The van der Waals surface area contributed by atoms with E-state index in [0.717, 1.165) is 0 Å².